The monoisotopic (exact) mass is 281 g/mol. The summed E-state index contributed by atoms with van der Waals surface area (Å²) in [5.41, 5.74) is 6.35. The highest BCUT2D eigenvalue weighted by Gasteiger charge is 2.21. The maximum absolute atomic E-state index is 12.8. The van der Waals surface area contributed by atoms with Crippen LogP contribution in [0.15, 0.2) is 24.3 Å². The first kappa shape index (κ1) is 13.7. The Morgan fingerprint density at radius 3 is 2.32 bits per heavy atom. The van der Waals surface area contributed by atoms with E-state index in [0.29, 0.717) is 13.1 Å². The Morgan fingerprint density at radius 1 is 1.21 bits per heavy atom. The van der Waals surface area contributed by atoms with Crippen LogP contribution in [0.4, 0.5) is 10.1 Å². The van der Waals surface area contributed by atoms with E-state index in [-0.39, 0.29) is 23.1 Å². The van der Waals surface area contributed by atoms with E-state index in [1.807, 2.05) is 0 Å². The zero-order chi connectivity index (χ0) is 13.8. The van der Waals surface area contributed by atoms with Crippen LogP contribution in [0.25, 0.3) is 0 Å². The van der Waals surface area contributed by atoms with Gasteiger partial charge in [-0.3, -0.25) is 4.79 Å². The number of halogens is 1. The van der Waals surface area contributed by atoms with E-state index >= 15 is 0 Å². The third-order valence-electron chi connectivity index (χ3n) is 3.15. The second-order valence-electron chi connectivity index (χ2n) is 4.49. The van der Waals surface area contributed by atoms with Crippen LogP contribution in [0.3, 0.4) is 0 Å². The summed E-state index contributed by atoms with van der Waals surface area (Å²) in [5, 5.41) is 0. The molecule has 1 fully saturated rings. The molecular formula is C13H16FN3OS. The number of thiocarbonyl (C=S) groups is 1. The largest absolute Gasteiger partial charge is 0.393 e. The lowest BCUT2D eigenvalue weighted by molar-refractivity contribution is -0.130. The van der Waals surface area contributed by atoms with Gasteiger partial charge in [-0.15, -0.1) is 0 Å². The first-order valence-corrected chi connectivity index (χ1v) is 6.53. The summed E-state index contributed by atoms with van der Waals surface area (Å²) in [7, 11) is 0. The molecule has 0 aromatic heterocycles. The number of amides is 1. The third kappa shape index (κ3) is 3.64. The fourth-order valence-corrected chi connectivity index (χ4v) is 2.25. The number of carbonyl (C=O) groups excluding carboxylic acids is 1. The van der Waals surface area contributed by atoms with Gasteiger partial charge < -0.3 is 15.5 Å². The van der Waals surface area contributed by atoms with Crippen LogP contribution < -0.4 is 10.6 Å². The molecule has 4 nitrogen and oxygen atoms in total. The molecule has 102 valence electrons. The van der Waals surface area contributed by atoms with Crippen molar-refractivity contribution in [2.45, 2.75) is 6.42 Å². The van der Waals surface area contributed by atoms with Gasteiger partial charge >= 0.3 is 0 Å². The first-order valence-electron chi connectivity index (χ1n) is 6.13. The average Bonchev–Trinajstić information content (AvgIpc) is 2.39. The van der Waals surface area contributed by atoms with Gasteiger partial charge in [0.15, 0.2) is 0 Å². The molecule has 1 heterocycles. The van der Waals surface area contributed by atoms with E-state index in [4.69, 9.17) is 18.0 Å². The number of hydrogen-bond acceptors (Lipinski definition) is 3. The lowest BCUT2D eigenvalue weighted by Gasteiger charge is -2.36. The topological polar surface area (TPSA) is 49.6 Å². The highest BCUT2D eigenvalue weighted by Crippen LogP contribution is 2.17. The molecule has 0 unspecified atom stereocenters. The predicted octanol–water partition coefficient (Wildman–Crippen LogP) is 1.15. The van der Waals surface area contributed by atoms with Crippen LogP contribution >= 0.6 is 12.2 Å². The van der Waals surface area contributed by atoms with Crippen molar-refractivity contribution in [3.8, 4) is 0 Å². The number of nitrogens with two attached hydrogens (primary N) is 1. The normalized spacial score (nSPS) is 15.4. The summed E-state index contributed by atoms with van der Waals surface area (Å²) >= 11 is 4.74. The molecule has 0 saturated carbocycles. The number of hydrogen-bond donors (Lipinski definition) is 1. The SMILES string of the molecule is NC(=S)CC(=O)N1CCN(c2ccc(F)cc2)CC1. The molecule has 1 aliphatic heterocycles. The standard InChI is InChI=1S/C13H16FN3OS/c14-10-1-3-11(4-2-10)16-5-7-17(8-6-16)13(18)9-12(15)19/h1-4H,5-9H2,(H2,15,19). The van der Waals surface area contributed by atoms with Crippen LogP contribution in [-0.2, 0) is 4.79 Å². The molecule has 19 heavy (non-hydrogen) atoms. The van der Waals surface area contributed by atoms with Gasteiger partial charge in [0.1, 0.15) is 5.82 Å². The lowest BCUT2D eigenvalue weighted by Crippen LogP contribution is -2.49. The molecular weight excluding hydrogens is 265 g/mol. The van der Waals surface area contributed by atoms with Crippen LogP contribution in [0, 0.1) is 5.82 Å². The summed E-state index contributed by atoms with van der Waals surface area (Å²) in [4.78, 5) is 15.9. The van der Waals surface area contributed by atoms with E-state index in [9.17, 15) is 9.18 Å². The van der Waals surface area contributed by atoms with E-state index < -0.39 is 0 Å². The van der Waals surface area contributed by atoms with E-state index in [2.05, 4.69) is 4.90 Å². The van der Waals surface area contributed by atoms with Gasteiger partial charge in [-0.05, 0) is 24.3 Å². The van der Waals surface area contributed by atoms with Crippen LogP contribution in [-0.4, -0.2) is 42.0 Å². The Hall–Kier alpha value is -1.69. The second kappa shape index (κ2) is 5.97. The summed E-state index contributed by atoms with van der Waals surface area (Å²) in [6.07, 6.45) is 0.131. The van der Waals surface area contributed by atoms with Crippen molar-refractivity contribution >= 4 is 28.8 Å². The Bertz CT molecular complexity index is 469. The summed E-state index contributed by atoms with van der Waals surface area (Å²) < 4.78 is 12.8. The summed E-state index contributed by atoms with van der Waals surface area (Å²) in [5.74, 6) is -0.264. The maximum Gasteiger partial charge on any atom is 0.229 e. The second-order valence-corrected chi connectivity index (χ2v) is 5.01. The van der Waals surface area contributed by atoms with Crippen molar-refractivity contribution < 1.29 is 9.18 Å². The Labute approximate surface area is 117 Å². The molecule has 2 N–H and O–H groups in total. The zero-order valence-electron chi connectivity index (χ0n) is 10.5. The smallest absolute Gasteiger partial charge is 0.229 e. The van der Waals surface area contributed by atoms with Crippen molar-refractivity contribution in [2.24, 2.45) is 5.73 Å². The number of anilines is 1. The quantitative estimate of drug-likeness (QED) is 0.845. The van der Waals surface area contributed by atoms with Crippen molar-refractivity contribution in [1.29, 1.82) is 0 Å². The Kier molecular flexibility index (Phi) is 4.31. The predicted molar refractivity (Wildman–Crippen MR) is 76.6 cm³/mol. The van der Waals surface area contributed by atoms with Crippen LogP contribution in [0.2, 0.25) is 0 Å². The number of carbonyl (C=O) groups is 1. The molecule has 0 atom stereocenters. The van der Waals surface area contributed by atoms with Gasteiger partial charge in [0.2, 0.25) is 5.91 Å². The molecule has 1 amide bonds. The first-order chi connectivity index (χ1) is 9.06. The number of rotatable bonds is 3. The van der Waals surface area contributed by atoms with Gasteiger partial charge in [0, 0.05) is 31.9 Å². The fraction of sp³-hybridized carbons (Fsp3) is 0.385. The zero-order valence-corrected chi connectivity index (χ0v) is 11.3. The molecule has 0 spiro atoms. The summed E-state index contributed by atoms with van der Waals surface area (Å²) in [6, 6.07) is 6.39. The molecule has 1 saturated heterocycles. The molecule has 0 aliphatic carbocycles. The van der Waals surface area contributed by atoms with Crippen molar-refractivity contribution in [1.82, 2.24) is 4.90 Å². The number of piperazine rings is 1. The minimum absolute atomic E-state index is 0.0220. The van der Waals surface area contributed by atoms with Crippen LogP contribution in [0.1, 0.15) is 6.42 Å². The Morgan fingerprint density at radius 2 is 1.79 bits per heavy atom. The molecule has 1 aromatic rings. The molecule has 2 rings (SSSR count). The van der Waals surface area contributed by atoms with Gasteiger partial charge in [0.25, 0.3) is 0 Å². The Balaban J connectivity index is 1.90. The van der Waals surface area contributed by atoms with E-state index in [1.165, 1.54) is 12.1 Å². The van der Waals surface area contributed by atoms with Gasteiger partial charge in [-0.1, -0.05) is 12.2 Å². The number of benzene rings is 1. The van der Waals surface area contributed by atoms with Gasteiger partial charge in [-0.2, -0.15) is 0 Å². The minimum Gasteiger partial charge on any atom is -0.393 e. The van der Waals surface area contributed by atoms with Crippen molar-refractivity contribution in [3.63, 3.8) is 0 Å². The van der Waals surface area contributed by atoms with Crippen molar-refractivity contribution in [3.05, 3.63) is 30.1 Å². The lowest BCUT2D eigenvalue weighted by atomic mass is 10.2. The van der Waals surface area contributed by atoms with E-state index in [0.717, 1.165) is 18.8 Å². The highest BCUT2D eigenvalue weighted by molar-refractivity contribution is 7.80. The van der Waals surface area contributed by atoms with Crippen LogP contribution in [0.5, 0.6) is 0 Å². The molecule has 1 aromatic carbocycles. The molecule has 1 aliphatic rings. The summed E-state index contributed by atoms with van der Waals surface area (Å²) in [6.45, 7) is 2.74. The minimum atomic E-state index is -0.242. The highest BCUT2D eigenvalue weighted by atomic mass is 32.1. The average molecular weight is 281 g/mol. The third-order valence-corrected chi connectivity index (χ3v) is 3.29. The van der Waals surface area contributed by atoms with Crippen molar-refractivity contribution in [2.75, 3.05) is 31.1 Å². The van der Waals surface area contributed by atoms with E-state index in [1.54, 1.807) is 17.0 Å². The fourth-order valence-electron chi connectivity index (χ4n) is 2.13. The molecule has 0 bridgehead atoms. The van der Waals surface area contributed by atoms with Gasteiger partial charge in [0.05, 0.1) is 11.4 Å². The number of nitrogens with zero attached hydrogens (tertiary/aromatic N) is 2. The molecule has 0 radical (unpaired) electrons. The molecule has 6 heteroatoms. The maximum atomic E-state index is 12.8. The van der Waals surface area contributed by atoms with Gasteiger partial charge in [-0.25, -0.2) is 4.39 Å².